The van der Waals surface area contributed by atoms with Crippen LogP contribution in [0.3, 0.4) is 0 Å². The standard InChI is InChI=1S/C10H12N4/c11-6-5-9-3-1-4-10(13-9)14-8-2-7-12-14/h1-4,7-8H,5-6,11H2. The first-order valence-corrected chi connectivity index (χ1v) is 4.56. The predicted octanol–water partition coefficient (Wildman–Crippen LogP) is 0.768. The van der Waals surface area contributed by atoms with Gasteiger partial charge in [-0.1, -0.05) is 6.07 Å². The Morgan fingerprint density at radius 3 is 2.93 bits per heavy atom. The van der Waals surface area contributed by atoms with Crippen LogP contribution in [-0.4, -0.2) is 21.3 Å². The van der Waals surface area contributed by atoms with Gasteiger partial charge in [-0.05, 0) is 24.7 Å². The second-order valence-corrected chi connectivity index (χ2v) is 2.98. The molecule has 2 aromatic rings. The molecule has 0 atom stereocenters. The highest BCUT2D eigenvalue weighted by atomic mass is 15.3. The molecule has 0 aliphatic heterocycles. The SMILES string of the molecule is NCCc1cccc(-n2cccn2)n1. The Hall–Kier alpha value is -1.68. The second-order valence-electron chi connectivity index (χ2n) is 2.98. The molecule has 72 valence electrons. The maximum absolute atomic E-state index is 5.47. The molecule has 2 heterocycles. The summed E-state index contributed by atoms with van der Waals surface area (Å²) in [6.45, 7) is 0.621. The van der Waals surface area contributed by atoms with Crippen LogP contribution in [0.5, 0.6) is 0 Å². The summed E-state index contributed by atoms with van der Waals surface area (Å²) in [6.07, 6.45) is 4.40. The topological polar surface area (TPSA) is 56.7 Å². The maximum atomic E-state index is 5.47. The van der Waals surface area contributed by atoms with Gasteiger partial charge in [0.1, 0.15) is 0 Å². The minimum Gasteiger partial charge on any atom is -0.330 e. The molecule has 0 aromatic carbocycles. The second kappa shape index (κ2) is 4.02. The normalized spacial score (nSPS) is 10.4. The van der Waals surface area contributed by atoms with E-state index in [1.807, 2.05) is 30.5 Å². The van der Waals surface area contributed by atoms with E-state index in [9.17, 15) is 0 Å². The fourth-order valence-electron chi connectivity index (χ4n) is 1.29. The van der Waals surface area contributed by atoms with Crippen LogP contribution in [0, 0.1) is 0 Å². The molecule has 0 saturated carbocycles. The van der Waals surface area contributed by atoms with Gasteiger partial charge in [0.15, 0.2) is 5.82 Å². The lowest BCUT2D eigenvalue weighted by Crippen LogP contribution is -2.06. The number of nitrogens with zero attached hydrogens (tertiary/aromatic N) is 3. The van der Waals surface area contributed by atoms with E-state index >= 15 is 0 Å². The first-order valence-electron chi connectivity index (χ1n) is 4.56. The zero-order valence-electron chi connectivity index (χ0n) is 7.80. The van der Waals surface area contributed by atoms with Crippen LogP contribution in [-0.2, 0) is 6.42 Å². The van der Waals surface area contributed by atoms with Crippen LogP contribution in [0.4, 0.5) is 0 Å². The first kappa shape index (κ1) is 8.90. The van der Waals surface area contributed by atoms with Gasteiger partial charge in [0.05, 0.1) is 0 Å². The molecule has 14 heavy (non-hydrogen) atoms. The van der Waals surface area contributed by atoms with Crippen LogP contribution < -0.4 is 5.73 Å². The Morgan fingerprint density at radius 1 is 1.29 bits per heavy atom. The van der Waals surface area contributed by atoms with Gasteiger partial charge in [0, 0.05) is 24.5 Å². The van der Waals surface area contributed by atoms with Crippen molar-refractivity contribution in [1.82, 2.24) is 14.8 Å². The lowest BCUT2D eigenvalue weighted by Gasteiger charge is -2.02. The van der Waals surface area contributed by atoms with Gasteiger partial charge in [-0.3, -0.25) is 0 Å². The molecule has 0 radical (unpaired) electrons. The Kier molecular flexibility index (Phi) is 2.55. The summed E-state index contributed by atoms with van der Waals surface area (Å²) in [6, 6.07) is 7.74. The summed E-state index contributed by atoms with van der Waals surface area (Å²) in [4.78, 5) is 4.43. The molecule has 0 bridgehead atoms. The van der Waals surface area contributed by atoms with E-state index in [2.05, 4.69) is 10.1 Å². The Balaban J connectivity index is 2.31. The van der Waals surface area contributed by atoms with E-state index < -0.39 is 0 Å². The van der Waals surface area contributed by atoms with Crippen molar-refractivity contribution in [2.75, 3.05) is 6.54 Å². The third kappa shape index (κ3) is 1.80. The molecule has 0 saturated heterocycles. The number of nitrogens with two attached hydrogens (primary N) is 1. The molecule has 0 unspecified atom stereocenters. The van der Waals surface area contributed by atoms with Crippen molar-refractivity contribution in [3.8, 4) is 5.82 Å². The van der Waals surface area contributed by atoms with Crippen LogP contribution >= 0.6 is 0 Å². The molecule has 0 spiro atoms. The Labute approximate surface area is 82.4 Å². The average Bonchev–Trinajstić information content (AvgIpc) is 2.71. The van der Waals surface area contributed by atoms with Gasteiger partial charge >= 0.3 is 0 Å². The summed E-state index contributed by atoms with van der Waals surface area (Å²) in [7, 11) is 0. The van der Waals surface area contributed by atoms with Crippen molar-refractivity contribution < 1.29 is 0 Å². The molecule has 0 amide bonds. The smallest absolute Gasteiger partial charge is 0.153 e. The van der Waals surface area contributed by atoms with E-state index in [1.165, 1.54) is 0 Å². The summed E-state index contributed by atoms with van der Waals surface area (Å²) >= 11 is 0. The predicted molar refractivity (Wildman–Crippen MR) is 54.1 cm³/mol. The van der Waals surface area contributed by atoms with Crippen molar-refractivity contribution in [2.24, 2.45) is 5.73 Å². The monoisotopic (exact) mass is 188 g/mol. The van der Waals surface area contributed by atoms with Gasteiger partial charge in [-0.15, -0.1) is 0 Å². The molecule has 4 heteroatoms. The summed E-state index contributed by atoms with van der Waals surface area (Å²) in [5, 5.41) is 4.11. The van der Waals surface area contributed by atoms with E-state index in [0.717, 1.165) is 17.9 Å². The third-order valence-electron chi connectivity index (χ3n) is 1.93. The van der Waals surface area contributed by atoms with Crippen molar-refractivity contribution in [3.05, 3.63) is 42.4 Å². The quantitative estimate of drug-likeness (QED) is 0.774. The maximum Gasteiger partial charge on any atom is 0.153 e. The molecule has 0 aliphatic carbocycles. The lowest BCUT2D eigenvalue weighted by molar-refractivity contribution is 0.823. The molecular weight excluding hydrogens is 176 g/mol. The average molecular weight is 188 g/mol. The highest BCUT2D eigenvalue weighted by Crippen LogP contribution is 2.04. The fourth-order valence-corrected chi connectivity index (χ4v) is 1.29. The van der Waals surface area contributed by atoms with Crippen molar-refractivity contribution in [1.29, 1.82) is 0 Å². The third-order valence-corrected chi connectivity index (χ3v) is 1.93. The van der Waals surface area contributed by atoms with Gasteiger partial charge in [-0.25, -0.2) is 9.67 Å². The number of pyridine rings is 1. The van der Waals surface area contributed by atoms with Crippen molar-refractivity contribution in [3.63, 3.8) is 0 Å². The van der Waals surface area contributed by atoms with Gasteiger partial charge in [0.2, 0.25) is 0 Å². The summed E-state index contributed by atoms with van der Waals surface area (Å²) < 4.78 is 1.74. The highest BCUT2D eigenvalue weighted by molar-refractivity contribution is 5.23. The zero-order chi connectivity index (χ0) is 9.80. The summed E-state index contributed by atoms with van der Waals surface area (Å²) in [5.41, 5.74) is 6.47. The molecule has 4 nitrogen and oxygen atoms in total. The molecule has 2 aromatic heterocycles. The lowest BCUT2D eigenvalue weighted by atomic mass is 10.3. The Bertz CT molecular complexity index is 394. The van der Waals surface area contributed by atoms with Gasteiger partial charge < -0.3 is 5.73 Å². The van der Waals surface area contributed by atoms with E-state index in [4.69, 9.17) is 5.73 Å². The number of aromatic nitrogens is 3. The molecule has 0 aliphatic rings. The van der Waals surface area contributed by atoms with Crippen LogP contribution in [0.25, 0.3) is 5.82 Å². The van der Waals surface area contributed by atoms with Crippen LogP contribution in [0.1, 0.15) is 5.69 Å². The van der Waals surface area contributed by atoms with E-state index in [1.54, 1.807) is 10.9 Å². The van der Waals surface area contributed by atoms with E-state index in [-0.39, 0.29) is 0 Å². The molecular formula is C10H12N4. The van der Waals surface area contributed by atoms with Crippen LogP contribution in [0.2, 0.25) is 0 Å². The highest BCUT2D eigenvalue weighted by Gasteiger charge is 1.98. The van der Waals surface area contributed by atoms with Gasteiger partial charge in [0.25, 0.3) is 0 Å². The molecule has 0 fully saturated rings. The Morgan fingerprint density at radius 2 is 2.21 bits per heavy atom. The van der Waals surface area contributed by atoms with E-state index in [0.29, 0.717) is 6.54 Å². The van der Waals surface area contributed by atoms with Crippen molar-refractivity contribution in [2.45, 2.75) is 6.42 Å². The number of hydrogen-bond acceptors (Lipinski definition) is 3. The first-order chi connectivity index (χ1) is 6.90. The largest absolute Gasteiger partial charge is 0.330 e. The van der Waals surface area contributed by atoms with Crippen LogP contribution in [0.15, 0.2) is 36.7 Å². The molecule has 2 N–H and O–H groups in total. The minimum atomic E-state index is 0.621. The fraction of sp³-hybridized carbons (Fsp3) is 0.200. The zero-order valence-corrected chi connectivity index (χ0v) is 7.80. The van der Waals surface area contributed by atoms with Crippen molar-refractivity contribution >= 4 is 0 Å². The summed E-state index contributed by atoms with van der Waals surface area (Å²) in [5.74, 6) is 0.834. The minimum absolute atomic E-state index is 0.621. The molecule has 2 rings (SSSR count). The van der Waals surface area contributed by atoms with Gasteiger partial charge in [-0.2, -0.15) is 5.10 Å². The number of hydrogen-bond donors (Lipinski definition) is 1. The number of rotatable bonds is 3.